The molecule has 0 N–H and O–H groups in total. The molecule has 0 saturated heterocycles. The Labute approximate surface area is 217 Å². The summed E-state index contributed by atoms with van der Waals surface area (Å²) < 4.78 is 11.9. The highest BCUT2D eigenvalue weighted by molar-refractivity contribution is 7.98. The number of benzene rings is 4. The van der Waals surface area contributed by atoms with Crippen LogP contribution < -0.4 is 0 Å². The van der Waals surface area contributed by atoms with Gasteiger partial charge in [-0.05, 0) is 52.6 Å². The zero-order valence-corrected chi connectivity index (χ0v) is 20.5. The summed E-state index contributed by atoms with van der Waals surface area (Å²) in [5, 5.41) is 18.1. The molecule has 0 spiro atoms. The Hall–Kier alpha value is -4.67. The topological polar surface area (TPSA) is 88.7 Å². The zero-order valence-electron chi connectivity index (χ0n) is 19.7. The Bertz CT molecular complexity index is 1720. The lowest BCUT2D eigenvalue weighted by molar-refractivity contribution is 0.465. The Balaban J connectivity index is 1.12. The van der Waals surface area contributed by atoms with Crippen molar-refractivity contribution >= 4 is 22.9 Å². The van der Waals surface area contributed by atoms with E-state index in [2.05, 4.69) is 57.6 Å². The minimum Gasteiger partial charge on any atom is -0.440 e. The third-order valence-corrected chi connectivity index (χ3v) is 6.82. The lowest BCUT2D eigenvalue weighted by Gasteiger charge is -2.04. The molecule has 0 unspecified atom stereocenters. The van der Waals surface area contributed by atoms with E-state index in [0.717, 1.165) is 33.3 Å². The maximum atomic E-state index is 9.12. The lowest BCUT2D eigenvalue weighted by atomic mass is 10.0. The van der Waals surface area contributed by atoms with Crippen LogP contribution in [0.1, 0.15) is 22.6 Å². The molecule has 6 nitrogen and oxygen atoms in total. The molecule has 2 aromatic heterocycles. The van der Waals surface area contributed by atoms with Gasteiger partial charge in [0, 0.05) is 17.7 Å². The van der Waals surface area contributed by atoms with Gasteiger partial charge in [0.2, 0.25) is 5.89 Å². The molecule has 0 saturated carbocycles. The SMILES string of the molecule is N#Cc1cccc(-c2ccc(CSc3nnc(-c4ccc5nc(Cc6ccccc6)oc5c4)o3)cc2)c1. The summed E-state index contributed by atoms with van der Waals surface area (Å²) in [6.45, 7) is 0. The molecule has 178 valence electrons. The van der Waals surface area contributed by atoms with Crippen LogP contribution in [-0.2, 0) is 12.2 Å². The van der Waals surface area contributed by atoms with E-state index < -0.39 is 0 Å². The van der Waals surface area contributed by atoms with Gasteiger partial charge in [0.1, 0.15) is 5.52 Å². The zero-order chi connectivity index (χ0) is 25.0. The number of aromatic nitrogens is 3. The number of fused-ring (bicyclic) bond motifs is 1. The van der Waals surface area contributed by atoms with Crippen molar-refractivity contribution < 1.29 is 8.83 Å². The molecule has 0 bridgehead atoms. The fraction of sp³-hybridized carbons (Fsp3) is 0.0667. The molecule has 0 atom stereocenters. The number of hydrogen-bond donors (Lipinski definition) is 0. The van der Waals surface area contributed by atoms with Crippen LogP contribution in [0.2, 0.25) is 0 Å². The van der Waals surface area contributed by atoms with E-state index in [-0.39, 0.29) is 0 Å². The molecule has 2 heterocycles. The first-order valence-corrected chi connectivity index (χ1v) is 12.7. The molecule has 0 fully saturated rings. The number of oxazole rings is 1. The van der Waals surface area contributed by atoms with Gasteiger partial charge in [0.25, 0.3) is 5.22 Å². The Kier molecular flexibility index (Phi) is 6.24. The Morgan fingerprint density at radius 2 is 1.57 bits per heavy atom. The van der Waals surface area contributed by atoms with E-state index in [1.807, 2.05) is 54.6 Å². The van der Waals surface area contributed by atoms with Crippen molar-refractivity contribution in [3.63, 3.8) is 0 Å². The monoisotopic (exact) mass is 500 g/mol. The molecule has 6 aromatic rings. The molecular formula is C30H20N4O2S. The number of nitriles is 1. The van der Waals surface area contributed by atoms with E-state index in [4.69, 9.17) is 14.1 Å². The van der Waals surface area contributed by atoms with Gasteiger partial charge in [-0.3, -0.25) is 0 Å². The van der Waals surface area contributed by atoms with Crippen molar-refractivity contribution in [2.45, 2.75) is 17.4 Å². The van der Waals surface area contributed by atoms with Gasteiger partial charge in [-0.25, -0.2) is 4.98 Å². The first-order chi connectivity index (χ1) is 18.2. The van der Waals surface area contributed by atoms with E-state index in [0.29, 0.717) is 40.3 Å². The van der Waals surface area contributed by atoms with E-state index in [1.165, 1.54) is 11.8 Å². The number of thioether (sulfide) groups is 1. The number of nitrogens with zero attached hydrogens (tertiary/aromatic N) is 4. The van der Waals surface area contributed by atoms with E-state index in [9.17, 15) is 0 Å². The van der Waals surface area contributed by atoms with Crippen molar-refractivity contribution in [2.24, 2.45) is 0 Å². The van der Waals surface area contributed by atoms with Crippen LogP contribution in [0.15, 0.2) is 111 Å². The van der Waals surface area contributed by atoms with E-state index >= 15 is 0 Å². The van der Waals surface area contributed by atoms with Crippen LogP contribution in [0.5, 0.6) is 0 Å². The van der Waals surface area contributed by atoms with Gasteiger partial charge >= 0.3 is 0 Å². The van der Waals surface area contributed by atoms with Crippen LogP contribution in [0.4, 0.5) is 0 Å². The lowest BCUT2D eigenvalue weighted by Crippen LogP contribution is -1.86. The molecule has 6 rings (SSSR count). The Morgan fingerprint density at radius 1 is 0.730 bits per heavy atom. The largest absolute Gasteiger partial charge is 0.440 e. The highest BCUT2D eigenvalue weighted by atomic mass is 32.2. The second-order valence-electron chi connectivity index (χ2n) is 8.50. The molecule has 37 heavy (non-hydrogen) atoms. The molecule has 0 radical (unpaired) electrons. The first-order valence-electron chi connectivity index (χ1n) is 11.7. The highest BCUT2D eigenvalue weighted by Crippen LogP contribution is 2.29. The molecule has 7 heteroatoms. The summed E-state index contributed by atoms with van der Waals surface area (Å²) >= 11 is 1.49. The molecule has 4 aromatic carbocycles. The maximum Gasteiger partial charge on any atom is 0.277 e. The average Bonchev–Trinajstić information content (AvgIpc) is 3.59. The fourth-order valence-electron chi connectivity index (χ4n) is 4.04. The van der Waals surface area contributed by atoms with Gasteiger partial charge in [-0.15, -0.1) is 10.2 Å². The van der Waals surface area contributed by atoms with Crippen molar-refractivity contribution in [3.8, 4) is 28.7 Å². The van der Waals surface area contributed by atoms with Crippen molar-refractivity contribution in [1.29, 1.82) is 5.26 Å². The molecule has 0 aliphatic carbocycles. The van der Waals surface area contributed by atoms with Crippen LogP contribution in [-0.4, -0.2) is 15.2 Å². The summed E-state index contributed by atoms with van der Waals surface area (Å²) in [6.07, 6.45) is 0.638. The molecule has 0 aliphatic rings. The van der Waals surface area contributed by atoms with Gasteiger partial charge in [-0.2, -0.15) is 5.26 Å². The van der Waals surface area contributed by atoms with Crippen molar-refractivity contribution in [3.05, 3.63) is 120 Å². The summed E-state index contributed by atoms with van der Waals surface area (Å²) in [7, 11) is 0. The minimum absolute atomic E-state index is 0.443. The van der Waals surface area contributed by atoms with Crippen molar-refractivity contribution in [2.75, 3.05) is 0 Å². The van der Waals surface area contributed by atoms with Gasteiger partial charge in [-0.1, -0.05) is 78.5 Å². The number of rotatable bonds is 7. The van der Waals surface area contributed by atoms with Crippen molar-refractivity contribution in [1.82, 2.24) is 15.2 Å². The number of hydrogen-bond acceptors (Lipinski definition) is 7. The highest BCUT2D eigenvalue weighted by Gasteiger charge is 2.13. The summed E-state index contributed by atoms with van der Waals surface area (Å²) in [6, 6.07) is 33.9. The third-order valence-electron chi connectivity index (χ3n) is 5.93. The maximum absolute atomic E-state index is 9.12. The molecular weight excluding hydrogens is 480 g/mol. The smallest absolute Gasteiger partial charge is 0.277 e. The van der Waals surface area contributed by atoms with Gasteiger partial charge in [0.15, 0.2) is 11.5 Å². The average molecular weight is 501 g/mol. The summed E-state index contributed by atoms with van der Waals surface area (Å²) in [5.74, 6) is 1.81. The van der Waals surface area contributed by atoms with Crippen LogP contribution in [0.3, 0.4) is 0 Å². The quantitative estimate of drug-likeness (QED) is 0.212. The predicted molar refractivity (Wildman–Crippen MR) is 143 cm³/mol. The second-order valence-corrected chi connectivity index (χ2v) is 9.43. The molecule has 0 amide bonds. The standard InChI is InChI=1S/C30H20N4O2S/c31-18-22-7-4-8-24(15-22)23-11-9-21(10-12-23)19-37-30-34-33-29(36-30)25-13-14-26-27(17-25)35-28(32-26)16-20-5-2-1-3-6-20/h1-15,17H,16,19H2. The fourth-order valence-corrected chi connectivity index (χ4v) is 4.76. The minimum atomic E-state index is 0.443. The predicted octanol–water partition coefficient (Wildman–Crippen LogP) is 7.30. The van der Waals surface area contributed by atoms with Crippen LogP contribution >= 0.6 is 11.8 Å². The normalized spacial score (nSPS) is 11.0. The Morgan fingerprint density at radius 3 is 2.41 bits per heavy atom. The summed E-state index contributed by atoms with van der Waals surface area (Å²) in [5.41, 5.74) is 7.31. The third kappa shape index (κ3) is 5.15. The van der Waals surface area contributed by atoms with Gasteiger partial charge in [0.05, 0.1) is 11.6 Å². The first kappa shape index (κ1) is 22.8. The van der Waals surface area contributed by atoms with Crippen LogP contribution in [0.25, 0.3) is 33.7 Å². The van der Waals surface area contributed by atoms with E-state index in [1.54, 1.807) is 6.07 Å². The second kappa shape index (κ2) is 10.1. The molecule has 0 aliphatic heterocycles. The summed E-state index contributed by atoms with van der Waals surface area (Å²) in [4.78, 5) is 4.59. The van der Waals surface area contributed by atoms with Gasteiger partial charge < -0.3 is 8.83 Å². The van der Waals surface area contributed by atoms with Crippen LogP contribution in [0, 0.1) is 11.3 Å².